The van der Waals surface area contributed by atoms with Gasteiger partial charge in [0.25, 0.3) is 0 Å². The van der Waals surface area contributed by atoms with Crippen LogP contribution in [0.5, 0.6) is 11.5 Å². The number of rotatable bonds is 7. The number of carbonyl (C=O) groups is 1. The molecule has 3 aromatic rings. The van der Waals surface area contributed by atoms with Crippen LogP contribution in [0.1, 0.15) is 16.1 Å². The maximum Gasteiger partial charge on any atom is 0.355 e. The number of carboxylic acid groups (broad SMARTS) is 1. The Labute approximate surface area is 149 Å². The Morgan fingerprint density at radius 1 is 1.16 bits per heavy atom. The Kier molecular flexibility index (Phi) is 5.30. The normalized spacial score (nSPS) is 10.4. The summed E-state index contributed by atoms with van der Waals surface area (Å²) in [5.41, 5.74) is 1.93. The molecule has 2 aromatic carbocycles. The lowest BCUT2D eigenvalue weighted by molar-refractivity contribution is 0.0691. The first-order chi connectivity index (χ1) is 12.2. The summed E-state index contributed by atoms with van der Waals surface area (Å²) in [5, 5.41) is 11.2. The Morgan fingerprint density at radius 3 is 2.64 bits per heavy atom. The lowest BCUT2D eigenvalue weighted by Gasteiger charge is -2.14. The number of thiazole rings is 1. The zero-order valence-electron chi connectivity index (χ0n) is 13.6. The monoisotopic (exact) mass is 355 g/mol. The van der Waals surface area contributed by atoms with Gasteiger partial charge in [-0.05, 0) is 17.7 Å². The van der Waals surface area contributed by atoms with Crippen LogP contribution in [-0.4, -0.2) is 29.8 Å². The lowest BCUT2D eigenvalue weighted by Crippen LogP contribution is -2.04. The molecular weight excluding hydrogens is 338 g/mol. The van der Waals surface area contributed by atoms with Crippen LogP contribution in [0.3, 0.4) is 0 Å². The molecule has 0 bridgehead atoms. The van der Waals surface area contributed by atoms with Crippen molar-refractivity contribution in [3.05, 3.63) is 65.2 Å². The number of hydrogen-bond acceptors (Lipinski definition) is 5. The van der Waals surface area contributed by atoms with Crippen LogP contribution >= 0.6 is 11.3 Å². The van der Waals surface area contributed by atoms with Gasteiger partial charge in [0, 0.05) is 11.8 Å². The number of nitrogens with zero attached hydrogens (tertiary/aromatic N) is 1. The highest BCUT2D eigenvalue weighted by Gasteiger charge is 2.17. The maximum atomic E-state index is 11.1. The van der Waals surface area contributed by atoms with Crippen LogP contribution in [0.2, 0.25) is 0 Å². The van der Waals surface area contributed by atoms with E-state index in [0.717, 1.165) is 12.0 Å². The van der Waals surface area contributed by atoms with E-state index in [1.54, 1.807) is 7.11 Å². The van der Waals surface area contributed by atoms with Gasteiger partial charge in [0.05, 0.1) is 19.3 Å². The molecule has 6 heteroatoms. The van der Waals surface area contributed by atoms with Crippen LogP contribution in [0.25, 0.3) is 10.6 Å². The maximum absolute atomic E-state index is 11.1. The number of ether oxygens (including phenoxy) is 2. The van der Waals surface area contributed by atoms with E-state index in [1.807, 2.05) is 48.5 Å². The van der Waals surface area contributed by atoms with Crippen molar-refractivity contribution in [3.63, 3.8) is 0 Å². The Bertz CT molecular complexity index is 861. The van der Waals surface area contributed by atoms with E-state index >= 15 is 0 Å². The van der Waals surface area contributed by atoms with Crippen LogP contribution in [0.4, 0.5) is 0 Å². The van der Waals surface area contributed by atoms with Gasteiger partial charge in [-0.1, -0.05) is 36.4 Å². The Morgan fingerprint density at radius 2 is 1.96 bits per heavy atom. The quantitative estimate of drug-likeness (QED) is 0.690. The number of carboxylic acids is 1. The molecule has 25 heavy (non-hydrogen) atoms. The molecule has 0 aliphatic rings. The molecule has 0 aliphatic carbocycles. The molecule has 1 heterocycles. The predicted molar refractivity (Wildman–Crippen MR) is 96.7 cm³/mol. The van der Waals surface area contributed by atoms with Gasteiger partial charge in [0.15, 0.2) is 17.2 Å². The SMILES string of the molecule is COc1cccc(-c2nc(C(=O)O)cs2)c1OCCc1ccccc1. The molecule has 0 aliphatic heterocycles. The molecule has 0 unspecified atom stereocenters. The molecule has 0 radical (unpaired) electrons. The molecule has 1 N–H and O–H groups in total. The fourth-order valence-electron chi connectivity index (χ4n) is 2.41. The largest absolute Gasteiger partial charge is 0.493 e. The van der Waals surface area contributed by atoms with Crippen molar-refractivity contribution in [2.24, 2.45) is 0 Å². The molecule has 0 amide bonds. The molecule has 0 atom stereocenters. The summed E-state index contributed by atoms with van der Waals surface area (Å²) in [7, 11) is 1.58. The Balaban J connectivity index is 1.84. The van der Waals surface area contributed by atoms with Crippen LogP contribution in [-0.2, 0) is 6.42 Å². The summed E-state index contributed by atoms with van der Waals surface area (Å²) < 4.78 is 11.4. The summed E-state index contributed by atoms with van der Waals surface area (Å²) in [6.07, 6.45) is 0.760. The molecular formula is C19H17NO4S. The average molecular weight is 355 g/mol. The van der Waals surface area contributed by atoms with Crippen molar-refractivity contribution < 1.29 is 19.4 Å². The summed E-state index contributed by atoms with van der Waals surface area (Å²) >= 11 is 1.27. The zero-order valence-corrected chi connectivity index (χ0v) is 14.5. The molecule has 0 saturated heterocycles. The topological polar surface area (TPSA) is 68.7 Å². The molecule has 0 saturated carbocycles. The minimum atomic E-state index is -1.04. The van der Waals surface area contributed by atoms with Crippen molar-refractivity contribution >= 4 is 17.3 Å². The summed E-state index contributed by atoms with van der Waals surface area (Å²) in [6.45, 7) is 0.481. The zero-order chi connectivity index (χ0) is 17.6. The van der Waals surface area contributed by atoms with E-state index in [9.17, 15) is 4.79 Å². The second-order valence-electron chi connectivity index (χ2n) is 5.26. The van der Waals surface area contributed by atoms with Gasteiger partial charge in [0.1, 0.15) is 5.01 Å². The van der Waals surface area contributed by atoms with Gasteiger partial charge < -0.3 is 14.6 Å². The lowest BCUT2D eigenvalue weighted by atomic mass is 10.1. The van der Waals surface area contributed by atoms with E-state index < -0.39 is 5.97 Å². The molecule has 0 spiro atoms. The number of methoxy groups -OCH3 is 1. The van der Waals surface area contributed by atoms with E-state index in [4.69, 9.17) is 14.6 Å². The van der Waals surface area contributed by atoms with Gasteiger partial charge in [-0.3, -0.25) is 0 Å². The Hall–Kier alpha value is -2.86. The summed E-state index contributed by atoms with van der Waals surface area (Å²) in [6, 6.07) is 15.6. The van der Waals surface area contributed by atoms with Crippen LogP contribution in [0.15, 0.2) is 53.9 Å². The smallest absolute Gasteiger partial charge is 0.355 e. The standard InChI is InChI=1S/C19H17NO4S/c1-23-16-9-5-8-14(18-20-15(12-25-18)19(21)22)17(16)24-11-10-13-6-3-2-4-7-13/h2-9,12H,10-11H2,1H3,(H,21,22). The van der Waals surface area contributed by atoms with Crippen molar-refractivity contribution in [1.29, 1.82) is 0 Å². The fourth-order valence-corrected chi connectivity index (χ4v) is 3.22. The predicted octanol–water partition coefficient (Wildman–Crippen LogP) is 4.14. The average Bonchev–Trinajstić information content (AvgIpc) is 3.13. The van der Waals surface area contributed by atoms with E-state index in [1.165, 1.54) is 22.3 Å². The minimum Gasteiger partial charge on any atom is -0.493 e. The number of hydrogen-bond donors (Lipinski definition) is 1. The first-order valence-corrected chi connectivity index (χ1v) is 8.60. The highest BCUT2D eigenvalue weighted by molar-refractivity contribution is 7.13. The van der Waals surface area contributed by atoms with Crippen LogP contribution < -0.4 is 9.47 Å². The van der Waals surface area contributed by atoms with E-state index in [-0.39, 0.29) is 5.69 Å². The number of benzene rings is 2. The van der Waals surface area contributed by atoms with Gasteiger partial charge in [-0.15, -0.1) is 11.3 Å². The minimum absolute atomic E-state index is 0.0260. The van der Waals surface area contributed by atoms with Crippen molar-refractivity contribution in [3.8, 4) is 22.1 Å². The molecule has 0 fully saturated rings. The first kappa shape index (κ1) is 17.0. The fraction of sp³-hybridized carbons (Fsp3) is 0.158. The van der Waals surface area contributed by atoms with Gasteiger partial charge in [-0.25, -0.2) is 9.78 Å². The molecule has 3 rings (SSSR count). The van der Waals surface area contributed by atoms with Crippen molar-refractivity contribution in [1.82, 2.24) is 4.98 Å². The molecule has 5 nitrogen and oxygen atoms in total. The van der Waals surface area contributed by atoms with E-state index in [0.29, 0.717) is 23.1 Å². The molecule has 1 aromatic heterocycles. The number of aromatic carboxylic acids is 1. The van der Waals surface area contributed by atoms with E-state index in [2.05, 4.69) is 4.98 Å². The second kappa shape index (κ2) is 7.81. The van der Waals surface area contributed by atoms with Crippen molar-refractivity contribution in [2.45, 2.75) is 6.42 Å². The van der Waals surface area contributed by atoms with Crippen molar-refractivity contribution in [2.75, 3.05) is 13.7 Å². The summed E-state index contributed by atoms with van der Waals surface area (Å²) in [4.78, 5) is 15.2. The van der Waals surface area contributed by atoms with Gasteiger partial charge >= 0.3 is 5.97 Å². The highest BCUT2D eigenvalue weighted by atomic mass is 32.1. The molecule has 128 valence electrons. The first-order valence-electron chi connectivity index (χ1n) is 7.72. The third-order valence-electron chi connectivity index (χ3n) is 3.63. The third-order valence-corrected chi connectivity index (χ3v) is 4.51. The third kappa shape index (κ3) is 3.97. The highest BCUT2D eigenvalue weighted by Crippen LogP contribution is 2.39. The summed E-state index contributed by atoms with van der Waals surface area (Å²) in [5.74, 6) is 0.127. The van der Waals surface area contributed by atoms with Crippen LogP contribution in [0, 0.1) is 0 Å². The second-order valence-corrected chi connectivity index (χ2v) is 6.12. The van der Waals surface area contributed by atoms with Gasteiger partial charge in [-0.2, -0.15) is 0 Å². The number of aromatic nitrogens is 1. The van der Waals surface area contributed by atoms with Gasteiger partial charge in [0.2, 0.25) is 0 Å². The number of para-hydroxylation sites is 1.